The largest absolute Gasteiger partial charge is 0.439 e. The van der Waals surface area contributed by atoms with E-state index in [-0.39, 0.29) is 0 Å². The van der Waals surface area contributed by atoms with Gasteiger partial charge in [0.1, 0.15) is 11.6 Å². The number of amides is 1. The normalized spacial score (nSPS) is 14.6. The molecule has 0 aromatic heterocycles. The summed E-state index contributed by atoms with van der Waals surface area (Å²) in [5, 5.41) is 2.29. The van der Waals surface area contributed by atoms with E-state index in [0.29, 0.717) is 35.1 Å². The fraction of sp³-hybridized carbons (Fsp3) is 0.300. The number of rotatable bonds is 3. The standard InChI is InChI=1S/C20H19F2NO3/c1-11(26-20(25)23-2)19(24)18-14-5-3-7-16(21)12(14)9-10-13-15(18)6-4-8-17(13)22/h3-8,11,18H,9-10H2,1-2H3,(H,23,25). The fourth-order valence-electron chi connectivity index (χ4n) is 3.46. The van der Waals surface area contributed by atoms with Gasteiger partial charge in [0.2, 0.25) is 0 Å². The molecule has 0 heterocycles. The van der Waals surface area contributed by atoms with Gasteiger partial charge in [-0.05, 0) is 54.2 Å². The van der Waals surface area contributed by atoms with Crippen LogP contribution in [0.5, 0.6) is 0 Å². The summed E-state index contributed by atoms with van der Waals surface area (Å²) in [4.78, 5) is 24.6. The highest BCUT2D eigenvalue weighted by Crippen LogP contribution is 2.37. The van der Waals surface area contributed by atoms with Gasteiger partial charge in [-0.3, -0.25) is 4.79 Å². The molecule has 0 radical (unpaired) electrons. The van der Waals surface area contributed by atoms with Crippen molar-refractivity contribution < 1.29 is 23.1 Å². The van der Waals surface area contributed by atoms with Crippen LogP contribution < -0.4 is 5.32 Å². The Labute approximate surface area is 150 Å². The number of benzene rings is 2. The Hall–Kier alpha value is -2.76. The summed E-state index contributed by atoms with van der Waals surface area (Å²) in [5.41, 5.74) is 1.78. The number of Topliss-reactive ketones (excluding diaryl/α,β-unsaturated/α-hetero) is 1. The number of carbonyl (C=O) groups is 2. The Balaban J connectivity index is 2.13. The molecule has 1 amide bonds. The van der Waals surface area contributed by atoms with Crippen LogP contribution in [0.1, 0.15) is 35.1 Å². The molecule has 3 rings (SSSR count). The summed E-state index contributed by atoms with van der Waals surface area (Å²) in [5.74, 6) is -2.16. The van der Waals surface area contributed by atoms with Crippen molar-refractivity contribution in [1.82, 2.24) is 5.32 Å². The monoisotopic (exact) mass is 359 g/mol. The van der Waals surface area contributed by atoms with E-state index in [4.69, 9.17) is 4.74 Å². The molecule has 1 N–H and O–H groups in total. The van der Waals surface area contributed by atoms with E-state index >= 15 is 0 Å². The Morgan fingerprint density at radius 2 is 1.54 bits per heavy atom. The number of ether oxygens (including phenoxy) is 1. The Morgan fingerprint density at radius 3 is 2.00 bits per heavy atom. The van der Waals surface area contributed by atoms with Crippen molar-refractivity contribution in [2.24, 2.45) is 0 Å². The molecule has 0 saturated heterocycles. The number of nitrogens with one attached hydrogen (secondary N) is 1. The van der Waals surface area contributed by atoms with Crippen molar-refractivity contribution in [3.8, 4) is 0 Å². The second-order valence-electron chi connectivity index (χ2n) is 6.25. The third kappa shape index (κ3) is 3.19. The maximum absolute atomic E-state index is 14.4. The average molecular weight is 359 g/mol. The highest BCUT2D eigenvalue weighted by Gasteiger charge is 2.35. The van der Waals surface area contributed by atoms with E-state index < -0.39 is 35.5 Å². The first kappa shape index (κ1) is 18.0. The smallest absolute Gasteiger partial charge is 0.407 e. The molecule has 1 aliphatic carbocycles. The van der Waals surface area contributed by atoms with Gasteiger partial charge in [-0.25, -0.2) is 13.6 Å². The minimum atomic E-state index is -1.06. The molecule has 4 nitrogen and oxygen atoms in total. The lowest BCUT2D eigenvalue weighted by Gasteiger charge is -2.23. The molecular formula is C20H19F2NO3. The second-order valence-corrected chi connectivity index (χ2v) is 6.25. The summed E-state index contributed by atoms with van der Waals surface area (Å²) in [6, 6.07) is 9.07. The zero-order valence-electron chi connectivity index (χ0n) is 14.5. The zero-order valence-corrected chi connectivity index (χ0v) is 14.5. The van der Waals surface area contributed by atoms with Gasteiger partial charge in [-0.15, -0.1) is 0 Å². The van der Waals surface area contributed by atoms with Gasteiger partial charge in [0.05, 0.1) is 5.92 Å². The van der Waals surface area contributed by atoms with Gasteiger partial charge >= 0.3 is 6.09 Å². The number of ketones is 1. The molecule has 0 bridgehead atoms. The molecule has 1 aliphatic rings. The third-order valence-corrected chi connectivity index (χ3v) is 4.73. The van der Waals surface area contributed by atoms with Crippen molar-refractivity contribution in [2.75, 3.05) is 7.05 Å². The number of hydrogen-bond donors (Lipinski definition) is 1. The molecule has 26 heavy (non-hydrogen) atoms. The highest BCUT2D eigenvalue weighted by atomic mass is 19.1. The van der Waals surface area contributed by atoms with E-state index in [2.05, 4.69) is 5.32 Å². The van der Waals surface area contributed by atoms with Crippen LogP contribution in [-0.4, -0.2) is 25.0 Å². The first-order chi connectivity index (χ1) is 12.4. The van der Waals surface area contributed by atoms with Crippen LogP contribution in [0.25, 0.3) is 0 Å². The molecule has 6 heteroatoms. The van der Waals surface area contributed by atoms with Gasteiger partial charge in [-0.1, -0.05) is 24.3 Å². The van der Waals surface area contributed by atoms with Gasteiger partial charge < -0.3 is 10.1 Å². The maximum Gasteiger partial charge on any atom is 0.407 e. The van der Waals surface area contributed by atoms with Crippen molar-refractivity contribution in [3.05, 3.63) is 70.3 Å². The molecule has 0 aliphatic heterocycles. The van der Waals surface area contributed by atoms with Crippen LogP contribution >= 0.6 is 0 Å². The molecule has 0 saturated carbocycles. The van der Waals surface area contributed by atoms with Gasteiger partial charge in [0, 0.05) is 7.05 Å². The minimum absolute atomic E-state index is 0.296. The van der Waals surface area contributed by atoms with E-state index in [1.807, 2.05) is 0 Å². The number of alkyl carbamates (subject to hydrolysis) is 1. The van der Waals surface area contributed by atoms with Crippen LogP contribution in [-0.2, 0) is 22.4 Å². The molecule has 2 aromatic carbocycles. The van der Waals surface area contributed by atoms with Crippen LogP contribution in [0.3, 0.4) is 0 Å². The topological polar surface area (TPSA) is 55.4 Å². The number of hydrogen-bond acceptors (Lipinski definition) is 3. The van der Waals surface area contributed by atoms with Gasteiger partial charge in [-0.2, -0.15) is 0 Å². The van der Waals surface area contributed by atoms with Crippen LogP contribution in [0.2, 0.25) is 0 Å². The van der Waals surface area contributed by atoms with E-state index in [1.165, 1.54) is 38.2 Å². The SMILES string of the molecule is CNC(=O)OC(C)C(=O)C1c2cccc(F)c2CCc2c(F)cccc21. The summed E-state index contributed by atoms with van der Waals surface area (Å²) in [6.07, 6.45) is -1.21. The maximum atomic E-state index is 14.4. The van der Waals surface area contributed by atoms with E-state index in [9.17, 15) is 18.4 Å². The summed E-state index contributed by atoms with van der Waals surface area (Å²) in [7, 11) is 1.39. The van der Waals surface area contributed by atoms with E-state index in [1.54, 1.807) is 12.1 Å². The van der Waals surface area contributed by atoms with Crippen LogP contribution in [0.15, 0.2) is 36.4 Å². The lowest BCUT2D eigenvalue weighted by molar-refractivity contribution is -0.127. The Bertz CT molecular complexity index is 813. The van der Waals surface area contributed by atoms with Crippen LogP contribution in [0.4, 0.5) is 13.6 Å². The van der Waals surface area contributed by atoms with E-state index in [0.717, 1.165) is 0 Å². The number of carbonyl (C=O) groups excluding carboxylic acids is 2. The molecule has 2 aromatic rings. The lowest BCUT2D eigenvalue weighted by Crippen LogP contribution is -2.33. The van der Waals surface area contributed by atoms with Crippen molar-refractivity contribution in [3.63, 3.8) is 0 Å². The molecule has 0 fully saturated rings. The summed E-state index contributed by atoms with van der Waals surface area (Å²) in [6.45, 7) is 1.46. The predicted molar refractivity (Wildman–Crippen MR) is 92.1 cm³/mol. The molecular weight excluding hydrogens is 340 g/mol. The summed E-state index contributed by atoms with van der Waals surface area (Å²) >= 11 is 0. The number of halogens is 2. The fourth-order valence-corrected chi connectivity index (χ4v) is 3.46. The van der Waals surface area contributed by atoms with Crippen molar-refractivity contribution in [2.45, 2.75) is 31.8 Å². The summed E-state index contributed by atoms with van der Waals surface area (Å²) < 4.78 is 33.8. The first-order valence-corrected chi connectivity index (χ1v) is 8.40. The molecule has 1 unspecified atom stereocenters. The lowest BCUT2D eigenvalue weighted by atomic mass is 9.83. The van der Waals surface area contributed by atoms with Gasteiger partial charge in [0.15, 0.2) is 11.9 Å². The first-order valence-electron chi connectivity index (χ1n) is 8.40. The molecule has 1 atom stereocenters. The third-order valence-electron chi connectivity index (χ3n) is 4.73. The Morgan fingerprint density at radius 1 is 1.04 bits per heavy atom. The minimum Gasteiger partial charge on any atom is -0.439 e. The van der Waals surface area contributed by atoms with Crippen molar-refractivity contribution >= 4 is 11.9 Å². The average Bonchev–Trinajstić information content (AvgIpc) is 2.79. The zero-order chi connectivity index (χ0) is 18.8. The highest BCUT2D eigenvalue weighted by molar-refractivity contribution is 5.94. The quantitative estimate of drug-likeness (QED) is 0.912. The molecule has 136 valence electrons. The predicted octanol–water partition coefficient (Wildman–Crippen LogP) is 3.51. The molecule has 0 spiro atoms. The van der Waals surface area contributed by atoms with Gasteiger partial charge in [0.25, 0.3) is 0 Å². The van der Waals surface area contributed by atoms with Crippen LogP contribution in [0, 0.1) is 11.6 Å². The Kier molecular flexibility index (Phi) is 5.02. The number of fused-ring (bicyclic) bond motifs is 2. The van der Waals surface area contributed by atoms with Crippen molar-refractivity contribution in [1.29, 1.82) is 0 Å². The second kappa shape index (κ2) is 7.23.